The van der Waals surface area contributed by atoms with Crippen LogP contribution in [0.4, 0.5) is 0 Å². The van der Waals surface area contributed by atoms with Crippen LogP contribution in [-0.4, -0.2) is 36.8 Å². The highest BCUT2D eigenvalue weighted by Gasteiger charge is 1.94. The number of halogens is 3. The molecule has 0 aromatic carbocycles. The summed E-state index contributed by atoms with van der Waals surface area (Å²) in [7, 11) is 2.08. The summed E-state index contributed by atoms with van der Waals surface area (Å²) in [6.07, 6.45) is 2.28. The molecule has 0 radical (unpaired) electrons. The highest BCUT2D eigenvalue weighted by Crippen LogP contribution is 1.94. The van der Waals surface area contributed by atoms with Gasteiger partial charge in [-0.1, -0.05) is 0 Å². The van der Waals surface area contributed by atoms with Crippen molar-refractivity contribution in [2.45, 2.75) is 12.8 Å². The Hall–Kier alpha value is 0.830. The predicted octanol–water partition coefficient (Wildman–Crippen LogP) is 2.60. The van der Waals surface area contributed by atoms with Crippen LogP contribution in [-0.2, 0) is 0 Å². The second kappa shape index (κ2) is 10.8. The first-order chi connectivity index (χ1) is 4.81. The first kappa shape index (κ1) is 14.4. The number of unbranched alkanes of at least 4 members (excludes halogenated alkanes) is 1. The van der Waals surface area contributed by atoms with Crippen LogP contribution in [0.1, 0.15) is 12.8 Å². The first-order valence-corrected chi connectivity index (χ1v) is 4.68. The molecule has 0 N–H and O–H groups in total. The minimum atomic E-state index is 0. The molecular weight excluding hydrogens is 204 g/mol. The van der Waals surface area contributed by atoms with Crippen molar-refractivity contribution < 1.29 is 0 Å². The van der Waals surface area contributed by atoms with E-state index in [0.29, 0.717) is 0 Å². The summed E-state index contributed by atoms with van der Waals surface area (Å²) in [5.41, 5.74) is 0. The molecule has 0 spiro atoms. The zero-order valence-electron chi connectivity index (χ0n) is 6.85. The molecule has 0 aliphatic heterocycles. The van der Waals surface area contributed by atoms with E-state index < -0.39 is 0 Å². The van der Waals surface area contributed by atoms with Gasteiger partial charge in [-0.2, -0.15) is 0 Å². The van der Waals surface area contributed by atoms with E-state index in [1.165, 1.54) is 6.42 Å². The second-order valence-electron chi connectivity index (χ2n) is 2.39. The van der Waals surface area contributed by atoms with Crippen LogP contribution in [0.3, 0.4) is 0 Å². The Kier molecular flexibility index (Phi) is 14.1. The summed E-state index contributed by atoms with van der Waals surface area (Å²) in [6, 6.07) is 0. The molecule has 0 aromatic rings. The maximum absolute atomic E-state index is 5.54. The Labute approximate surface area is 85.4 Å². The van der Waals surface area contributed by atoms with Gasteiger partial charge in [0.2, 0.25) is 0 Å². The maximum atomic E-state index is 5.54. The van der Waals surface area contributed by atoms with E-state index in [0.717, 1.165) is 31.3 Å². The molecule has 0 fully saturated rings. The van der Waals surface area contributed by atoms with Gasteiger partial charge in [-0.05, 0) is 26.4 Å². The topological polar surface area (TPSA) is 3.24 Å². The molecule has 0 rings (SSSR count). The molecule has 0 amide bonds. The summed E-state index contributed by atoms with van der Waals surface area (Å²) in [5.74, 6) is 1.49. The van der Waals surface area contributed by atoms with E-state index in [-0.39, 0.29) is 12.4 Å². The molecule has 11 heavy (non-hydrogen) atoms. The molecule has 0 aliphatic rings. The molecular formula is C7H16Cl3N. The van der Waals surface area contributed by atoms with Gasteiger partial charge in [0.05, 0.1) is 0 Å². The maximum Gasteiger partial charge on any atom is 0.0351 e. The van der Waals surface area contributed by atoms with Gasteiger partial charge in [0.1, 0.15) is 0 Å². The molecule has 0 saturated heterocycles. The molecule has 1 nitrogen and oxygen atoms in total. The average molecular weight is 221 g/mol. The van der Waals surface area contributed by atoms with Crippen LogP contribution in [0.15, 0.2) is 0 Å². The zero-order valence-corrected chi connectivity index (χ0v) is 9.18. The van der Waals surface area contributed by atoms with Crippen LogP contribution in [0.5, 0.6) is 0 Å². The van der Waals surface area contributed by atoms with Gasteiger partial charge in [0.25, 0.3) is 0 Å². The van der Waals surface area contributed by atoms with Crippen molar-refractivity contribution in [3.63, 3.8) is 0 Å². The van der Waals surface area contributed by atoms with Gasteiger partial charge in [0.15, 0.2) is 0 Å². The molecule has 70 valence electrons. The highest BCUT2D eigenvalue weighted by molar-refractivity contribution is 6.18. The molecule has 0 unspecified atom stereocenters. The molecule has 4 heteroatoms. The lowest BCUT2D eigenvalue weighted by atomic mass is 10.3. The third kappa shape index (κ3) is 10.8. The average Bonchev–Trinajstić information content (AvgIpc) is 1.89. The van der Waals surface area contributed by atoms with Crippen LogP contribution >= 0.6 is 35.6 Å². The van der Waals surface area contributed by atoms with Crippen molar-refractivity contribution in [3.8, 4) is 0 Å². The highest BCUT2D eigenvalue weighted by atomic mass is 35.5. The van der Waals surface area contributed by atoms with E-state index in [2.05, 4.69) is 11.9 Å². The van der Waals surface area contributed by atoms with E-state index >= 15 is 0 Å². The van der Waals surface area contributed by atoms with E-state index in [9.17, 15) is 0 Å². The zero-order chi connectivity index (χ0) is 7.82. The standard InChI is InChI=1S/C7H15Cl2N.ClH/c1-10(7-5-9)6-3-2-4-8;/h2-7H2,1H3;1H. The summed E-state index contributed by atoms with van der Waals surface area (Å²) >= 11 is 11.1. The summed E-state index contributed by atoms with van der Waals surface area (Å²) in [4.78, 5) is 2.22. The van der Waals surface area contributed by atoms with Crippen molar-refractivity contribution in [1.29, 1.82) is 0 Å². The number of nitrogens with zero attached hydrogens (tertiary/aromatic N) is 1. The summed E-state index contributed by atoms with van der Waals surface area (Å²) < 4.78 is 0. The van der Waals surface area contributed by atoms with Gasteiger partial charge in [0, 0.05) is 18.3 Å². The Bertz CT molecular complexity index is 70.7. The smallest absolute Gasteiger partial charge is 0.0351 e. The SMILES string of the molecule is CN(CCCl)CCCCCl.Cl. The monoisotopic (exact) mass is 219 g/mol. The number of rotatable bonds is 6. The van der Waals surface area contributed by atoms with Crippen molar-refractivity contribution in [2.75, 3.05) is 31.9 Å². The Morgan fingerprint density at radius 3 is 2.09 bits per heavy atom. The van der Waals surface area contributed by atoms with Crippen molar-refractivity contribution in [2.24, 2.45) is 0 Å². The van der Waals surface area contributed by atoms with Crippen LogP contribution < -0.4 is 0 Å². The Morgan fingerprint density at radius 1 is 1.00 bits per heavy atom. The minimum absolute atomic E-state index is 0. The summed E-state index contributed by atoms with van der Waals surface area (Å²) in [6.45, 7) is 2.09. The fourth-order valence-corrected chi connectivity index (χ4v) is 1.21. The van der Waals surface area contributed by atoms with Gasteiger partial charge in [-0.25, -0.2) is 0 Å². The quantitative estimate of drug-likeness (QED) is 0.491. The van der Waals surface area contributed by atoms with Crippen molar-refractivity contribution in [1.82, 2.24) is 4.90 Å². The number of hydrogen-bond donors (Lipinski definition) is 0. The molecule has 0 aromatic heterocycles. The van der Waals surface area contributed by atoms with Crippen LogP contribution in [0, 0.1) is 0 Å². The van der Waals surface area contributed by atoms with Gasteiger partial charge in [-0.15, -0.1) is 35.6 Å². The van der Waals surface area contributed by atoms with Crippen LogP contribution in [0.25, 0.3) is 0 Å². The first-order valence-electron chi connectivity index (χ1n) is 3.61. The molecule has 0 aliphatic carbocycles. The fraction of sp³-hybridized carbons (Fsp3) is 1.00. The third-order valence-corrected chi connectivity index (χ3v) is 1.83. The molecule has 0 atom stereocenters. The summed E-state index contributed by atoms with van der Waals surface area (Å²) in [5, 5.41) is 0. The third-order valence-electron chi connectivity index (χ3n) is 1.39. The molecule has 0 heterocycles. The minimum Gasteiger partial charge on any atom is -0.305 e. The lowest BCUT2D eigenvalue weighted by molar-refractivity contribution is 0.348. The Morgan fingerprint density at radius 2 is 1.64 bits per heavy atom. The Balaban J connectivity index is 0. The van der Waals surface area contributed by atoms with E-state index in [1.54, 1.807) is 0 Å². The lowest BCUT2D eigenvalue weighted by Crippen LogP contribution is -2.21. The van der Waals surface area contributed by atoms with Crippen molar-refractivity contribution >= 4 is 35.6 Å². The fourth-order valence-electron chi connectivity index (χ4n) is 0.732. The number of alkyl halides is 2. The number of hydrogen-bond acceptors (Lipinski definition) is 1. The lowest BCUT2D eigenvalue weighted by Gasteiger charge is -2.13. The van der Waals surface area contributed by atoms with Gasteiger partial charge in [-0.3, -0.25) is 0 Å². The molecule has 0 saturated carbocycles. The largest absolute Gasteiger partial charge is 0.305 e. The van der Waals surface area contributed by atoms with Crippen LogP contribution in [0.2, 0.25) is 0 Å². The predicted molar refractivity (Wildman–Crippen MR) is 55.4 cm³/mol. The normalized spacial score (nSPS) is 9.82. The van der Waals surface area contributed by atoms with E-state index in [1.807, 2.05) is 0 Å². The van der Waals surface area contributed by atoms with Crippen molar-refractivity contribution in [3.05, 3.63) is 0 Å². The second-order valence-corrected chi connectivity index (χ2v) is 3.14. The van der Waals surface area contributed by atoms with Gasteiger partial charge < -0.3 is 4.90 Å². The van der Waals surface area contributed by atoms with E-state index in [4.69, 9.17) is 23.2 Å². The van der Waals surface area contributed by atoms with Gasteiger partial charge >= 0.3 is 0 Å². The molecule has 0 bridgehead atoms.